The van der Waals surface area contributed by atoms with Crippen LogP contribution in [0.15, 0.2) is 66.2 Å². The fourth-order valence-corrected chi connectivity index (χ4v) is 3.10. The highest BCUT2D eigenvalue weighted by Crippen LogP contribution is 2.33. The van der Waals surface area contributed by atoms with Crippen LogP contribution in [0.25, 0.3) is 0 Å². The van der Waals surface area contributed by atoms with E-state index in [1.54, 1.807) is 25.1 Å². The molecule has 130 valence electrons. The lowest BCUT2D eigenvalue weighted by molar-refractivity contribution is -0.123. The average molecular weight is 362 g/mol. The van der Waals surface area contributed by atoms with Crippen molar-refractivity contribution in [1.82, 2.24) is 0 Å². The molecule has 6 nitrogen and oxygen atoms in total. The highest BCUT2D eigenvalue weighted by Gasteiger charge is 2.39. The van der Waals surface area contributed by atoms with Gasteiger partial charge in [-0.1, -0.05) is 60.2 Å². The summed E-state index contributed by atoms with van der Waals surface area (Å²) in [6.45, 7) is 1.75. The van der Waals surface area contributed by atoms with Crippen LogP contribution >= 0.6 is 0 Å². The second kappa shape index (κ2) is 6.60. The van der Waals surface area contributed by atoms with E-state index in [-0.39, 0.29) is 11.1 Å². The summed E-state index contributed by atoms with van der Waals surface area (Å²) in [6, 6.07) is 13.4. The van der Waals surface area contributed by atoms with E-state index in [1.165, 1.54) is 36.4 Å². The van der Waals surface area contributed by atoms with Gasteiger partial charge in [-0.3, -0.25) is 4.79 Å². The molecule has 25 heavy (non-hydrogen) atoms. The molecule has 1 aliphatic heterocycles. The van der Waals surface area contributed by atoms with Gasteiger partial charge in [-0.2, -0.15) is 8.42 Å². The Labute approximate surface area is 150 Å². The number of carbonyl (C=O) groups excluding carboxylic acids is 1. The summed E-state index contributed by atoms with van der Waals surface area (Å²) in [6.07, 6.45) is -2.32. The maximum Gasteiger partial charge on any atom is 0.313 e. The Morgan fingerprint density at radius 3 is 2.64 bits per heavy atom. The second-order valence-electron chi connectivity index (χ2n) is 5.33. The van der Waals surface area contributed by atoms with E-state index < -0.39 is 39.3 Å². The zero-order valence-corrected chi connectivity index (χ0v) is 14.0. The number of Topliss-reactive ketones (excluding diaryl/α,β-unsaturated/α-hetero) is 1. The van der Waals surface area contributed by atoms with Crippen LogP contribution in [0.4, 0.5) is 0 Å². The summed E-state index contributed by atoms with van der Waals surface area (Å²) in [7, 11) is -4.99. The van der Waals surface area contributed by atoms with Crippen LogP contribution in [0, 0.1) is 6.92 Å². The van der Waals surface area contributed by atoms with E-state index >= 15 is 0 Å². The molecule has 1 heterocycles. The van der Waals surface area contributed by atoms with Gasteiger partial charge in [0.2, 0.25) is 17.4 Å². The van der Waals surface area contributed by atoms with Crippen LogP contribution in [-0.4, -0.2) is 14.2 Å². The quantitative estimate of drug-likeness (QED) is 0.820. The van der Waals surface area contributed by atoms with Gasteiger partial charge < -0.3 is 14.7 Å². The molecule has 0 saturated carbocycles. The van der Waals surface area contributed by atoms with E-state index in [0.29, 0.717) is 0 Å². The highest BCUT2D eigenvalue weighted by atomic mass is 32.2. The number of carbonyl (C=O) groups is 1. The van der Waals surface area contributed by atoms with E-state index in [4.69, 9.17) is 18.8 Å². The van der Waals surface area contributed by atoms with Gasteiger partial charge in [0.25, 0.3) is 0 Å². The minimum Gasteiger partial charge on any atom is -0.460 e. The van der Waals surface area contributed by atoms with Crippen LogP contribution in [0.2, 0.25) is 0 Å². The third kappa shape index (κ3) is 3.83. The molecule has 0 saturated heterocycles. The first-order valence-corrected chi connectivity index (χ1v) is 8.70. The molecule has 7 heteroatoms. The van der Waals surface area contributed by atoms with Crippen molar-refractivity contribution in [3.05, 3.63) is 82.9 Å². The van der Waals surface area contributed by atoms with Gasteiger partial charge in [0.1, 0.15) is 5.70 Å². The molecule has 2 N–H and O–H groups in total. The van der Waals surface area contributed by atoms with Crippen molar-refractivity contribution >= 4 is 15.9 Å². The Morgan fingerprint density at radius 1 is 1.24 bits per heavy atom. The lowest BCUT2D eigenvalue weighted by Gasteiger charge is -2.10. The highest BCUT2D eigenvalue weighted by molar-refractivity contribution is 7.86. The molecule has 0 aromatic heterocycles. The molecule has 1 atom stereocenters. The van der Waals surface area contributed by atoms with E-state index in [1.807, 2.05) is 0 Å². The minimum absolute atomic E-state index is 0.141. The maximum atomic E-state index is 12.7. The normalized spacial score (nSPS) is 22.8. The van der Waals surface area contributed by atoms with Crippen LogP contribution in [0.1, 0.15) is 26.9 Å². The Morgan fingerprint density at radius 2 is 1.96 bits per heavy atom. The summed E-state index contributed by atoms with van der Waals surface area (Å²) < 4.78 is 59.2. The molecule has 3 rings (SSSR count). The first kappa shape index (κ1) is 13.5. The van der Waals surface area contributed by atoms with Gasteiger partial charge in [-0.15, -0.1) is 0 Å². The number of hydrogen-bond acceptors (Lipinski definition) is 6. The third-order valence-corrected chi connectivity index (χ3v) is 4.21. The van der Waals surface area contributed by atoms with Gasteiger partial charge in [0.05, 0.1) is 4.11 Å². The molecular weight excluding hydrogens is 342 g/mol. The number of ketones is 1. The standard InChI is InChI=1S/C18H17NO5S/c1-12-6-5-9-14(10-12)16-15(20)17(18(19)23-16)24-25(21,22)11-13-7-3-2-4-8-13/h2-10,16H,11,19H2,1H3/t16-/m1/s1/i11D2,16D. The fraction of sp³-hybridized carbons (Fsp3) is 0.167. The monoisotopic (exact) mass is 362 g/mol. The fourth-order valence-electron chi connectivity index (χ4n) is 2.25. The molecule has 0 radical (unpaired) electrons. The van der Waals surface area contributed by atoms with Gasteiger partial charge >= 0.3 is 10.1 Å². The second-order valence-corrected chi connectivity index (χ2v) is 6.61. The molecule has 0 fully saturated rings. The van der Waals surface area contributed by atoms with Crippen molar-refractivity contribution in [2.45, 2.75) is 18.7 Å². The largest absolute Gasteiger partial charge is 0.460 e. The SMILES string of the molecule is [2H]C([2H])(c1ccccc1)S(=O)(=O)OC1=C(N)O[C@]([2H])(c2cccc(C)c2)C1=O. The molecule has 0 bridgehead atoms. The maximum absolute atomic E-state index is 12.7. The van der Waals surface area contributed by atoms with Crippen LogP contribution < -0.4 is 5.73 Å². The van der Waals surface area contributed by atoms with Gasteiger partial charge in [0, 0.05) is 5.56 Å². The molecule has 0 aliphatic carbocycles. The lowest BCUT2D eigenvalue weighted by atomic mass is 10.0. The molecule has 2 aromatic carbocycles. The number of rotatable bonds is 5. The van der Waals surface area contributed by atoms with Crippen molar-refractivity contribution in [3.63, 3.8) is 0 Å². The van der Waals surface area contributed by atoms with Gasteiger partial charge in [-0.25, -0.2) is 0 Å². The van der Waals surface area contributed by atoms with Crippen molar-refractivity contribution in [2.75, 3.05) is 0 Å². The summed E-state index contributed by atoms with van der Waals surface area (Å²) >= 11 is 0. The number of aryl methyl sites for hydroxylation is 1. The predicted molar refractivity (Wildman–Crippen MR) is 91.4 cm³/mol. The predicted octanol–water partition coefficient (Wildman–Crippen LogP) is 2.31. The summed E-state index contributed by atoms with van der Waals surface area (Å²) in [5.41, 5.74) is 3.36. The summed E-state index contributed by atoms with van der Waals surface area (Å²) in [5, 5.41) is 0. The first-order chi connectivity index (χ1) is 13.0. The summed E-state index contributed by atoms with van der Waals surface area (Å²) in [4.78, 5) is 12.7. The Bertz CT molecular complexity index is 1070. The van der Waals surface area contributed by atoms with Gasteiger partial charge in [-0.05, 0) is 12.5 Å². The zero-order chi connectivity index (χ0) is 20.7. The van der Waals surface area contributed by atoms with Crippen LogP contribution in [-0.2, 0) is 29.5 Å². The minimum atomic E-state index is -4.99. The number of ether oxygens (including phenoxy) is 1. The van der Waals surface area contributed by atoms with E-state index in [2.05, 4.69) is 0 Å². The van der Waals surface area contributed by atoms with Crippen molar-refractivity contribution in [2.24, 2.45) is 5.73 Å². The number of nitrogens with two attached hydrogens (primary N) is 1. The number of hydrogen-bond donors (Lipinski definition) is 1. The topological polar surface area (TPSA) is 95.7 Å². The molecule has 1 aliphatic rings. The molecule has 0 unspecified atom stereocenters. The van der Waals surface area contributed by atoms with Crippen molar-refractivity contribution in [1.29, 1.82) is 0 Å². The van der Waals surface area contributed by atoms with Crippen LogP contribution in [0.5, 0.6) is 0 Å². The van der Waals surface area contributed by atoms with Crippen molar-refractivity contribution < 1.29 is 26.2 Å². The van der Waals surface area contributed by atoms with Crippen LogP contribution in [0.3, 0.4) is 0 Å². The first-order valence-electron chi connectivity index (χ1n) is 8.79. The zero-order valence-electron chi connectivity index (χ0n) is 16.2. The molecular formula is C18H17NO5S. The Balaban J connectivity index is 1.94. The Hall–Kier alpha value is -2.80. The average Bonchev–Trinajstić information content (AvgIpc) is 2.86. The summed E-state index contributed by atoms with van der Waals surface area (Å²) in [5.74, 6) is -2.76. The van der Waals surface area contributed by atoms with Gasteiger partial charge in [0.15, 0.2) is 6.08 Å². The lowest BCUT2D eigenvalue weighted by Crippen LogP contribution is -2.16. The smallest absolute Gasteiger partial charge is 0.313 e. The van der Waals surface area contributed by atoms with E-state index in [9.17, 15) is 13.2 Å². The van der Waals surface area contributed by atoms with E-state index in [0.717, 1.165) is 5.56 Å². The number of benzene rings is 2. The molecule has 0 amide bonds. The molecule has 2 aromatic rings. The van der Waals surface area contributed by atoms with Crippen molar-refractivity contribution in [3.8, 4) is 0 Å². The molecule has 0 spiro atoms. The Kier molecular flexibility index (Phi) is 3.56. The third-order valence-electron chi connectivity index (χ3n) is 3.34.